The quantitative estimate of drug-likeness (QED) is 0.523. The zero-order valence-electron chi connectivity index (χ0n) is 15.8. The maximum atomic E-state index is 12.2. The molecular weight excluding hydrogens is 368 g/mol. The molecule has 1 aromatic carbocycles. The first-order valence-electron chi connectivity index (χ1n) is 9.75. The van der Waals surface area contributed by atoms with E-state index in [0.717, 1.165) is 29.8 Å². The Hall–Kier alpha value is -3.55. The normalized spacial score (nSPS) is 13.7. The van der Waals surface area contributed by atoms with Crippen LogP contribution in [0.5, 0.6) is 0 Å². The predicted molar refractivity (Wildman–Crippen MR) is 105 cm³/mol. The van der Waals surface area contributed by atoms with Gasteiger partial charge in [-0.1, -0.05) is 35.5 Å². The molecule has 4 aromatic rings. The van der Waals surface area contributed by atoms with Gasteiger partial charge >= 0.3 is 0 Å². The highest BCUT2D eigenvalue weighted by Gasteiger charge is 2.29. The lowest BCUT2D eigenvalue weighted by Gasteiger charge is -2.05. The van der Waals surface area contributed by atoms with Gasteiger partial charge in [0, 0.05) is 18.5 Å². The predicted octanol–water partition coefficient (Wildman–Crippen LogP) is 2.91. The van der Waals surface area contributed by atoms with Crippen LogP contribution in [0.1, 0.15) is 42.4 Å². The van der Waals surface area contributed by atoms with E-state index in [4.69, 9.17) is 4.52 Å². The van der Waals surface area contributed by atoms with E-state index in [9.17, 15) is 4.79 Å². The van der Waals surface area contributed by atoms with Crippen molar-refractivity contribution in [1.29, 1.82) is 0 Å². The lowest BCUT2D eigenvalue weighted by atomic mass is 10.1. The second kappa shape index (κ2) is 7.46. The highest BCUT2D eigenvalue weighted by molar-refractivity contribution is 5.76. The van der Waals surface area contributed by atoms with E-state index in [2.05, 4.69) is 25.7 Å². The number of carbonyl (C=O) groups is 1. The number of benzene rings is 1. The van der Waals surface area contributed by atoms with Gasteiger partial charge in [0.25, 0.3) is 5.89 Å². The molecule has 0 saturated heterocycles. The molecule has 0 radical (unpaired) electrons. The number of nitrogens with zero attached hydrogens (tertiary/aromatic N) is 5. The molecule has 0 bridgehead atoms. The van der Waals surface area contributed by atoms with Crippen molar-refractivity contribution in [2.45, 2.75) is 38.1 Å². The van der Waals surface area contributed by atoms with Crippen LogP contribution in [0.2, 0.25) is 0 Å². The molecule has 0 atom stereocenters. The molecule has 3 heterocycles. The zero-order chi connectivity index (χ0) is 19.6. The van der Waals surface area contributed by atoms with Gasteiger partial charge in [-0.15, -0.1) is 10.2 Å². The minimum absolute atomic E-state index is 0.0206. The van der Waals surface area contributed by atoms with Crippen LogP contribution in [0.25, 0.3) is 17.1 Å². The Labute approximate surface area is 167 Å². The first-order valence-corrected chi connectivity index (χ1v) is 9.75. The first-order chi connectivity index (χ1) is 14.3. The van der Waals surface area contributed by atoms with Gasteiger partial charge in [0.15, 0.2) is 17.3 Å². The standard InChI is InChI=1S/C21H20N6O2/c28-18(11-8-14-5-2-1-3-6-14)22-13-17-24-25-20-16(7-4-12-27(17)20)21-23-19(26-29-21)15-9-10-15/h1-7,12,15H,8-11,13H2,(H,22,28). The van der Waals surface area contributed by atoms with Gasteiger partial charge in [-0.05, 0) is 37.0 Å². The van der Waals surface area contributed by atoms with Crippen LogP contribution >= 0.6 is 0 Å². The van der Waals surface area contributed by atoms with Crippen molar-refractivity contribution in [2.24, 2.45) is 0 Å². The fourth-order valence-electron chi connectivity index (χ4n) is 3.27. The van der Waals surface area contributed by atoms with Gasteiger partial charge in [0.1, 0.15) is 0 Å². The van der Waals surface area contributed by atoms with E-state index in [1.54, 1.807) is 0 Å². The average Bonchev–Trinajstić information content (AvgIpc) is 3.34. The molecule has 8 heteroatoms. The summed E-state index contributed by atoms with van der Waals surface area (Å²) in [6.07, 6.45) is 5.22. The highest BCUT2D eigenvalue weighted by atomic mass is 16.5. The van der Waals surface area contributed by atoms with Crippen molar-refractivity contribution in [1.82, 2.24) is 30.1 Å². The smallest absolute Gasteiger partial charge is 0.261 e. The Morgan fingerprint density at radius 3 is 2.83 bits per heavy atom. The van der Waals surface area contributed by atoms with E-state index in [1.165, 1.54) is 0 Å². The van der Waals surface area contributed by atoms with Gasteiger partial charge in [-0.2, -0.15) is 4.98 Å². The summed E-state index contributed by atoms with van der Waals surface area (Å²) in [6, 6.07) is 13.7. The second-order valence-electron chi connectivity index (χ2n) is 7.23. The Balaban J connectivity index is 1.28. The average molecular weight is 388 g/mol. The molecular formula is C21H20N6O2. The van der Waals surface area contributed by atoms with Crippen LogP contribution in [-0.4, -0.2) is 30.6 Å². The topological polar surface area (TPSA) is 98.2 Å². The largest absolute Gasteiger partial charge is 0.349 e. The second-order valence-corrected chi connectivity index (χ2v) is 7.23. The van der Waals surface area contributed by atoms with E-state index in [-0.39, 0.29) is 5.91 Å². The third-order valence-electron chi connectivity index (χ3n) is 5.05. The minimum Gasteiger partial charge on any atom is -0.349 e. The first kappa shape index (κ1) is 17.5. The minimum atomic E-state index is -0.0206. The van der Waals surface area contributed by atoms with Crippen molar-refractivity contribution in [3.63, 3.8) is 0 Å². The van der Waals surface area contributed by atoms with Crippen LogP contribution in [-0.2, 0) is 17.8 Å². The zero-order valence-corrected chi connectivity index (χ0v) is 15.8. The molecule has 29 heavy (non-hydrogen) atoms. The third kappa shape index (κ3) is 3.73. The fraction of sp³-hybridized carbons (Fsp3) is 0.286. The number of nitrogens with one attached hydrogen (secondary N) is 1. The Kier molecular flexibility index (Phi) is 4.51. The molecule has 0 spiro atoms. The number of carbonyl (C=O) groups excluding carboxylic acids is 1. The number of aromatic nitrogens is 5. The molecule has 1 saturated carbocycles. The molecule has 0 aliphatic heterocycles. The van der Waals surface area contributed by atoms with Gasteiger partial charge < -0.3 is 9.84 Å². The van der Waals surface area contributed by atoms with E-state index in [1.807, 2.05) is 53.1 Å². The number of hydrogen-bond donors (Lipinski definition) is 1. The molecule has 1 amide bonds. The Bertz CT molecular complexity index is 1150. The van der Waals surface area contributed by atoms with Gasteiger partial charge in [0.2, 0.25) is 5.91 Å². The van der Waals surface area contributed by atoms with Crippen LogP contribution in [0.15, 0.2) is 53.2 Å². The maximum absolute atomic E-state index is 12.2. The van der Waals surface area contributed by atoms with Crippen LogP contribution in [0, 0.1) is 0 Å². The lowest BCUT2D eigenvalue weighted by molar-refractivity contribution is -0.121. The lowest BCUT2D eigenvalue weighted by Crippen LogP contribution is -2.24. The van der Waals surface area contributed by atoms with E-state index < -0.39 is 0 Å². The molecule has 5 rings (SSSR count). The van der Waals surface area contributed by atoms with Gasteiger partial charge in [-0.3, -0.25) is 9.20 Å². The molecule has 3 aromatic heterocycles. The molecule has 1 fully saturated rings. The van der Waals surface area contributed by atoms with E-state index >= 15 is 0 Å². The number of fused-ring (bicyclic) bond motifs is 1. The summed E-state index contributed by atoms with van der Waals surface area (Å²) in [5, 5.41) is 15.5. The third-order valence-corrected chi connectivity index (χ3v) is 5.05. The van der Waals surface area contributed by atoms with Crippen molar-refractivity contribution in [2.75, 3.05) is 0 Å². The summed E-state index contributed by atoms with van der Waals surface area (Å²) in [5.41, 5.74) is 2.51. The summed E-state index contributed by atoms with van der Waals surface area (Å²) < 4.78 is 7.27. The number of aryl methyl sites for hydroxylation is 1. The van der Waals surface area contributed by atoms with Crippen LogP contribution in [0.4, 0.5) is 0 Å². The van der Waals surface area contributed by atoms with Crippen LogP contribution in [0.3, 0.4) is 0 Å². The Morgan fingerprint density at radius 1 is 1.14 bits per heavy atom. The highest BCUT2D eigenvalue weighted by Crippen LogP contribution is 2.39. The summed E-state index contributed by atoms with van der Waals surface area (Å²) in [5.74, 6) is 2.26. The van der Waals surface area contributed by atoms with Crippen LogP contribution < -0.4 is 5.32 Å². The van der Waals surface area contributed by atoms with Crippen molar-refractivity contribution >= 4 is 11.6 Å². The number of amides is 1. The summed E-state index contributed by atoms with van der Waals surface area (Å²) in [7, 11) is 0. The van der Waals surface area contributed by atoms with Gasteiger partial charge in [-0.25, -0.2) is 0 Å². The van der Waals surface area contributed by atoms with Gasteiger partial charge in [0.05, 0.1) is 12.1 Å². The summed E-state index contributed by atoms with van der Waals surface area (Å²) in [6.45, 7) is 0.301. The molecule has 146 valence electrons. The molecule has 1 aliphatic rings. The van der Waals surface area contributed by atoms with E-state index in [0.29, 0.717) is 42.7 Å². The Morgan fingerprint density at radius 2 is 2.00 bits per heavy atom. The van der Waals surface area contributed by atoms with Crippen molar-refractivity contribution < 1.29 is 9.32 Å². The molecule has 0 unspecified atom stereocenters. The SMILES string of the molecule is O=C(CCc1ccccc1)NCc1nnc2c(-c3nc(C4CC4)no3)cccn12. The maximum Gasteiger partial charge on any atom is 0.261 e. The molecule has 8 nitrogen and oxygen atoms in total. The monoisotopic (exact) mass is 388 g/mol. The van der Waals surface area contributed by atoms with Crippen molar-refractivity contribution in [3.8, 4) is 11.5 Å². The summed E-state index contributed by atoms with van der Waals surface area (Å²) in [4.78, 5) is 16.7. The fourth-order valence-corrected chi connectivity index (χ4v) is 3.27. The van der Waals surface area contributed by atoms with Crippen molar-refractivity contribution in [3.05, 3.63) is 65.9 Å². The number of hydrogen-bond acceptors (Lipinski definition) is 6. The summed E-state index contributed by atoms with van der Waals surface area (Å²) >= 11 is 0. The molecule has 1 N–H and O–H groups in total. The number of rotatable bonds is 7. The number of pyridine rings is 1. The molecule has 1 aliphatic carbocycles.